The molecule has 0 saturated carbocycles. The van der Waals surface area contributed by atoms with Crippen LogP contribution >= 0.6 is 0 Å². The Labute approximate surface area is 182 Å². The molecule has 168 valence electrons. The summed E-state index contributed by atoms with van der Waals surface area (Å²) in [7, 11) is -3.71. The van der Waals surface area contributed by atoms with E-state index in [-0.39, 0.29) is 23.5 Å². The Kier molecular flexibility index (Phi) is 6.99. The lowest BCUT2D eigenvalue weighted by Gasteiger charge is -2.12. The fourth-order valence-electron chi connectivity index (χ4n) is 4.02. The summed E-state index contributed by atoms with van der Waals surface area (Å²) in [4.78, 5) is 12.6. The molecule has 9 nitrogen and oxygen atoms in total. The number of hydrogen-bond donors (Lipinski definition) is 2. The number of sulfonamides is 1. The maximum absolute atomic E-state index is 12.6. The molecule has 1 saturated heterocycles. The van der Waals surface area contributed by atoms with Crippen molar-refractivity contribution in [2.75, 3.05) is 19.7 Å². The van der Waals surface area contributed by atoms with Gasteiger partial charge < -0.3 is 14.6 Å². The molecule has 2 aromatic rings. The van der Waals surface area contributed by atoms with Gasteiger partial charge in [0.2, 0.25) is 10.0 Å². The highest BCUT2D eigenvalue weighted by molar-refractivity contribution is 7.89. The predicted molar refractivity (Wildman–Crippen MR) is 114 cm³/mol. The Balaban J connectivity index is 1.33. The van der Waals surface area contributed by atoms with Crippen LogP contribution in [0.4, 0.5) is 0 Å². The molecule has 4 rings (SSSR count). The highest BCUT2D eigenvalue weighted by Gasteiger charge is 2.21. The molecule has 0 bridgehead atoms. The number of hydrogen-bond acceptors (Lipinski definition) is 6. The Morgan fingerprint density at radius 2 is 2.10 bits per heavy atom. The van der Waals surface area contributed by atoms with Gasteiger partial charge >= 0.3 is 0 Å². The van der Waals surface area contributed by atoms with Crippen molar-refractivity contribution >= 4 is 15.9 Å². The van der Waals surface area contributed by atoms with Gasteiger partial charge in [0.25, 0.3) is 5.91 Å². The second-order valence-electron chi connectivity index (χ2n) is 8.02. The molecule has 1 unspecified atom stereocenters. The number of fused-ring (bicyclic) bond motifs is 1. The number of carbonyl (C=O) groups excluding carboxylic acids is 1. The van der Waals surface area contributed by atoms with Crippen molar-refractivity contribution in [3.63, 3.8) is 0 Å². The van der Waals surface area contributed by atoms with Gasteiger partial charge in [0, 0.05) is 44.6 Å². The van der Waals surface area contributed by atoms with Crippen molar-refractivity contribution in [2.24, 2.45) is 0 Å². The Morgan fingerprint density at radius 1 is 1.19 bits per heavy atom. The van der Waals surface area contributed by atoms with E-state index in [4.69, 9.17) is 4.74 Å². The van der Waals surface area contributed by atoms with Crippen molar-refractivity contribution in [1.29, 1.82) is 0 Å². The minimum absolute atomic E-state index is 0.0703. The first kappa shape index (κ1) is 21.9. The molecular formula is C21H29N5O4S. The van der Waals surface area contributed by atoms with Gasteiger partial charge in [0.1, 0.15) is 11.6 Å². The average Bonchev–Trinajstić information content (AvgIpc) is 3.37. The third-order valence-corrected chi connectivity index (χ3v) is 7.17. The molecule has 2 aliphatic rings. The second kappa shape index (κ2) is 9.88. The molecule has 1 aromatic carbocycles. The Bertz CT molecular complexity index is 1010. The quantitative estimate of drug-likeness (QED) is 0.633. The van der Waals surface area contributed by atoms with E-state index in [1.54, 1.807) is 12.1 Å². The average molecular weight is 448 g/mol. The molecular weight excluding hydrogens is 418 g/mol. The summed E-state index contributed by atoms with van der Waals surface area (Å²) in [5.74, 6) is 1.59. The maximum atomic E-state index is 12.6. The van der Waals surface area contributed by atoms with E-state index in [1.807, 2.05) is 0 Å². The van der Waals surface area contributed by atoms with Crippen LogP contribution in [0.25, 0.3) is 0 Å². The zero-order chi connectivity index (χ0) is 21.7. The summed E-state index contributed by atoms with van der Waals surface area (Å²) in [6.07, 6.45) is 6.68. The standard InChI is InChI=1S/C21H29N5O4S/c27-21(22-11-10-20-25-24-19-9-2-1-3-12-26(19)20)16-6-4-8-18(14-16)31(28,29)23-15-17-7-5-13-30-17/h4,6,8,14,17,23H,1-3,5,7,9-13,15H2,(H,22,27). The first-order chi connectivity index (χ1) is 15.0. The number of nitrogens with one attached hydrogen (secondary N) is 2. The molecule has 1 amide bonds. The van der Waals surface area contributed by atoms with Crippen LogP contribution in [-0.2, 0) is 34.1 Å². The predicted octanol–water partition coefficient (Wildman–Crippen LogP) is 1.43. The van der Waals surface area contributed by atoms with Crippen LogP contribution in [0.5, 0.6) is 0 Å². The third-order valence-electron chi connectivity index (χ3n) is 5.75. The van der Waals surface area contributed by atoms with Gasteiger partial charge in [-0.05, 0) is 43.9 Å². The van der Waals surface area contributed by atoms with E-state index in [0.29, 0.717) is 25.1 Å². The van der Waals surface area contributed by atoms with Crippen molar-refractivity contribution in [1.82, 2.24) is 24.8 Å². The minimum Gasteiger partial charge on any atom is -0.377 e. The Morgan fingerprint density at radius 3 is 2.94 bits per heavy atom. The third kappa shape index (κ3) is 5.50. The fraction of sp³-hybridized carbons (Fsp3) is 0.571. The summed E-state index contributed by atoms with van der Waals surface area (Å²) in [6.45, 7) is 2.23. The van der Waals surface area contributed by atoms with Crippen LogP contribution in [0.2, 0.25) is 0 Å². The van der Waals surface area contributed by atoms with Gasteiger partial charge in [0.15, 0.2) is 0 Å². The molecule has 1 aromatic heterocycles. The van der Waals surface area contributed by atoms with Crippen LogP contribution in [0, 0.1) is 0 Å². The summed E-state index contributed by atoms with van der Waals surface area (Å²) < 4.78 is 35.4. The number of benzene rings is 1. The molecule has 0 radical (unpaired) electrons. The van der Waals surface area contributed by atoms with Crippen molar-refractivity contribution in [3.05, 3.63) is 41.5 Å². The van der Waals surface area contributed by atoms with Gasteiger partial charge in [-0.1, -0.05) is 12.5 Å². The summed E-state index contributed by atoms with van der Waals surface area (Å²) in [5.41, 5.74) is 0.306. The molecule has 2 aliphatic heterocycles. The SMILES string of the molecule is O=C(NCCc1nnc2n1CCCCC2)c1cccc(S(=O)(=O)NCC2CCCO2)c1. The Hall–Kier alpha value is -2.30. The molecule has 1 atom stereocenters. The van der Waals surface area contributed by atoms with Crippen molar-refractivity contribution in [3.8, 4) is 0 Å². The number of carbonyl (C=O) groups is 1. The second-order valence-corrected chi connectivity index (χ2v) is 9.78. The summed E-state index contributed by atoms with van der Waals surface area (Å²) in [6, 6.07) is 6.07. The minimum atomic E-state index is -3.71. The van der Waals surface area contributed by atoms with Gasteiger partial charge in [-0.2, -0.15) is 0 Å². The van der Waals surface area contributed by atoms with Crippen molar-refractivity contribution in [2.45, 2.75) is 62.5 Å². The number of ether oxygens (including phenoxy) is 1. The van der Waals surface area contributed by atoms with E-state index in [1.165, 1.54) is 18.6 Å². The number of amides is 1. The summed E-state index contributed by atoms with van der Waals surface area (Å²) >= 11 is 0. The normalized spacial score (nSPS) is 19.0. The smallest absolute Gasteiger partial charge is 0.251 e. The molecule has 1 fully saturated rings. The zero-order valence-corrected chi connectivity index (χ0v) is 18.4. The fourth-order valence-corrected chi connectivity index (χ4v) is 5.13. The van der Waals surface area contributed by atoms with Gasteiger partial charge in [0.05, 0.1) is 11.0 Å². The molecule has 2 N–H and O–H groups in total. The van der Waals surface area contributed by atoms with E-state index in [9.17, 15) is 13.2 Å². The lowest BCUT2D eigenvalue weighted by atomic mass is 10.2. The maximum Gasteiger partial charge on any atom is 0.251 e. The highest BCUT2D eigenvalue weighted by Crippen LogP contribution is 2.16. The van der Waals surface area contributed by atoms with Crippen molar-refractivity contribution < 1.29 is 17.9 Å². The van der Waals surface area contributed by atoms with Crippen LogP contribution in [0.3, 0.4) is 0 Å². The lowest BCUT2D eigenvalue weighted by Crippen LogP contribution is -2.32. The van der Waals surface area contributed by atoms with Crippen LogP contribution in [0.15, 0.2) is 29.2 Å². The largest absolute Gasteiger partial charge is 0.377 e. The number of aryl methyl sites for hydroxylation is 1. The van der Waals surface area contributed by atoms with Gasteiger partial charge in [-0.25, -0.2) is 13.1 Å². The molecule has 3 heterocycles. The summed E-state index contributed by atoms with van der Waals surface area (Å²) in [5, 5.41) is 11.4. The zero-order valence-electron chi connectivity index (χ0n) is 17.5. The lowest BCUT2D eigenvalue weighted by molar-refractivity contribution is 0.0953. The van der Waals surface area contributed by atoms with E-state index in [2.05, 4.69) is 24.8 Å². The van der Waals surface area contributed by atoms with Crippen LogP contribution in [0.1, 0.15) is 54.1 Å². The van der Waals surface area contributed by atoms with E-state index >= 15 is 0 Å². The first-order valence-electron chi connectivity index (χ1n) is 10.9. The monoisotopic (exact) mass is 447 g/mol. The highest BCUT2D eigenvalue weighted by atomic mass is 32.2. The molecule has 0 spiro atoms. The molecule has 0 aliphatic carbocycles. The van der Waals surface area contributed by atoms with E-state index < -0.39 is 10.0 Å². The van der Waals surface area contributed by atoms with Crippen LogP contribution < -0.4 is 10.0 Å². The number of aromatic nitrogens is 3. The first-order valence-corrected chi connectivity index (χ1v) is 12.4. The number of rotatable bonds is 8. The van der Waals surface area contributed by atoms with Gasteiger partial charge in [-0.3, -0.25) is 4.79 Å². The van der Waals surface area contributed by atoms with Crippen LogP contribution in [-0.4, -0.2) is 54.9 Å². The number of nitrogens with zero attached hydrogens (tertiary/aromatic N) is 3. The topological polar surface area (TPSA) is 115 Å². The van der Waals surface area contributed by atoms with Gasteiger partial charge in [-0.15, -0.1) is 10.2 Å². The van der Waals surface area contributed by atoms with E-state index in [0.717, 1.165) is 50.3 Å². The molecule has 10 heteroatoms. The molecule has 31 heavy (non-hydrogen) atoms.